The van der Waals surface area contributed by atoms with Crippen LogP contribution in [0.3, 0.4) is 0 Å². The minimum absolute atomic E-state index is 0.0807. The van der Waals surface area contributed by atoms with Crippen molar-refractivity contribution < 1.29 is 19.1 Å². The van der Waals surface area contributed by atoms with Crippen LogP contribution in [0.15, 0.2) is 18.2 Å². The van der Waals surface area contributed by atoms with Gasteiger partial charge in [-0.3, -0.25) is 9.69 Å². The summed E-state index contributed by atoms with van der Waals surface area (Å²) in [7, 11) is 3.50. The Morgan fingerprint density at radius 3 is 2.62 bits per heavy atom. The molecule has 3 rings (SSSR count). The van der Waals surface area contributed by atoms with Crippen molar-refractivity contribution in [2.75, 3.05) is 45.7 Å². The van der Waals surface area contributed by atoms with E-state index in [1.54, 1.807) is 37.3 Å². The van der Waals surface area contributed by atoms with Crippen molar-refractivity contribution in [3.8, 4) is 5.75 Å². The molecule has 190 valence electrons. The summed E-state index contributed by atoms with van der Waals surface area (Å²) in [6.45, 7) is 9.33. The first-order valence-corrected chi connectivity index (χ1v) is 12.7. The number of nitrogens with one attached hydrogen (secondary N) is 2. The average molecular weight is 475 g/mol. The van der Waals surface area contributed by atoms with E-state index in [0.29, 0.717) is 30.2 Å². The summed E-state index contributed by atoms with van der Waals surface area (Å²) in [4.78, 5) is 30.0. The van der Waals surface area contributed by atoms with E-state index >= 15 is 0 Å². The van der Waals surface area contributed by atoms with E-state index in [4.69, 9.17) is 9.47 Å². The summed E-state index contributed by atoms with van der Waals surface area (Å²) in [5.74, 6) is 0.632. The lowest BCUT2D eigenvalue weighted by molar-refractivity contribution is 0.0108. The molecule has 8 nitrogen and oxygen atoms in total. The van der Waals surface area contributed by atoms with Crippen molar-refractivity contribution in [1.82, 2.24) is 15.1 Å². The molecule has 1 heterocycles. The van der Waals surface area contributed by atoms with Crippen LogP contribution < -0.4 is 15.4 Å². The first kappa shape index (κ1) is 26.3. The molecule has 0 unspecified atom stereocenters. The van der Waals surface area contributed by atoms with Gasteiger partial charge in [-0.25, -0.2) is 4.79 Å². The van der Waals surface area contributed by atoms with Crippen molar-refractivity contribution in [3.05, 3.63) is 23.8 Å². The maximum atomic E-state index is 13.4. The van der Waals surface area contributed by atoms with Crippen LogP contribution in [-0.4, -0.2) is 80.3 Å². The van der Waals surface area contributed by atoms with Crippen LogP contribution in [-0.2, 0) is 4.74 Å². The standard InChI is InChI=1S/C26H42N4O4/c1-6-13-30-15-18(2)24(33-5)16-29(4)25(31)22-14-21(11-12-23(22)34-17-19(30)3)28-26(32)27-20-9-7-8-10-20/h11-12,14,18-20,24H,6-10,13,15-17H2,1-5H3,(H2,27,28,32)/t18-,19+,24-/m1/s1. The number of nitrogens with zero attached hydrogens (tertiary/aromatic N) is 2. The zero-order chi connectivity index (χ0) is 24.7. The molecule has 1 aromatic rings. The Balaban J connectivity index is 1.84. The Hall–Kier alpha value is -2.32. The maximum Gasteiger partial charge on any atom is 0.319 e. The van der Waals surface area contributed by atoms with Gasteiger partial charge in [-0.2, -0.15) is 0 Å². The highest BCUT2D eigenvalue weighted by atomic mass is 16.5. The van der Waals surface area contributed by atoms with Gasteiger partial charge in [-0.1, -0.05) is 26.7 Å². The highest BCUT2D eigenvalue weighted by Gasteiger charge is 2.28. The first-order chi connectivity index (χ1) is 16.3. The Labute approximate surface area is 204 Å². The number of urea groups is 1. The second-order valence-electron chi connectivity index (χ2n) is 9.88. The third-order valence-electron chi connectivity index (χ3n) is 7.03. The van der Waals surface area contributed by atoms with E-state index in [1.807, 2.05) is 0 Å². The van der Waals surface area contributed by atoms with Crippen molar-refractivity contribution in [1.29, 1.82) is 0 Å². The molecule has 0 saturated heterocycles. The number of amides is 3. The Morgan fingerprint density at radius 2 is 1.94 bits per heavy atom. The fourth-order valence-corrected chi connectivity index (χ4v) is 4.95. The number of anilines is 1. The number of likely N-dealkylation sites (N-methyl/N-ethyl adjacent to an activating group) is 1. The maximum absolute atomic E-state index is 13.4. The molecule has 1 aliphatic carbocycles. The molecular weight excluding hydrogens is 432 g/mol. The summed E-state index contributed by atoms with van der Waals surface area (Å²) in [6, 6.07) is 5.47. The molecule has 2 N–H and O–H groups in total. The normalized spacial score (nSPS) is 25.1. The van der Waals surface area contributed by atoms with Crippen LogP contribution in [0.1, 0.15) is 63.2 Å². The zero-order valence-electron chi connectivity index (χ0n) is 21.4. The topological polar surface area (TPSA) is 83.1 Å². The molecule has 3 amide bonds. The van der Waals surface area contributed by atoms with E-state index in [0.717, 1.165) is 45.2 Å². The van der Waals surface area contributed by atoms with E-state index in [-0.39, 0.29) is 36.0 Å². The number of fused-ring (bicyclic) bond motifs is 1. The van der Waals surface area contributed by atoms with Crippen molar-refractivity contribution in [2.45, 2.75) is 71.1 Å². The molecule has 0 radical (unpaired) electrons. The summed E-state index contributed by atoms with van der Waals surface area (Å²) in [6.07, 6.45) is 5.31. The van der Waals surface area contributed by atoms with Gasteiger partial charge in [0.05, 0.1) is 11.7 Å². The highest BCUT2D eigenvalue weighted by Crippen LogP contribution is 2.27. The van der Waals surface area contributed by atoms with Gasteiger partial charge in [-0.15, -0.1) is 0 Å². The molecule has 0 spiro atoms. The van der Waals surface area contributed by atoms with Crippen molar-refractivity contribution >= 4 is 17.6 Å². The second kappa shape index (κ2) is 12.4. The van der Waals surface area contributed by atoms with Crippen molar-refractivity contribution in [3.63, 3.8) is 0 Å². The molecular formula is C26H42N4O4. The molecule has 1 fully saturated rings. The van der Waals surface area contributed by atoms with Gasteiger partial charge in [0.2, 0.25) is 0 Å². The van der Waals surface area contributed by atoms with E-state index in [2.05, 4.69) is 36.3 Å². The fourth-order valence-electron chi connectivity index (χ4n) is 4.95. The van der Waals surface area contributed by atoms with Crippen LogP contribution in [0.25, 0.3) is 0 Å². The van der Waals surface area contributed by atoms with Gasteiger partial charge >= 0.3 is 6.03 Å². The van der Waals surface area contributed by atoms with Crippen LogP contribution in [0.2, 0.25) is 0 Å². The largest absolute Gasteiger partial charge is 0.491 e. The van der Waals surface area contributed by atoms with Crippen molar-refractivity contribution in [2.24, 2.45) is 5.92 Å². The molecule has 3 atom stereocenters. The highest BCUT2D eigenvalue weighted by molar-refractivity contribution is 5.99. The SMILES string of the molecule is CCCN1C[C@@H](C)[C@H](OC)CN(C)C(=O)c2cc(NC(=O)NC3CCCC3)ccc2OC[C@@H]1C. The summed E-state index contributed by atoms with van der Waals surface area (Å²) >= 11 is 0. The van der Waals surface area contributed by atoms with E-state index in [9.17, 15) is 9.59 Å². The smallest absolute Gasteiger partial charge is 0.319 e. The number of ether oxygens (including phenoxy) is 2. The van der Waals surface area contributed by atoms with Crippen LogP contribution in [0, 0.1) is 5.92 Å². The first-order valence-electron chi connectivity index (χ1n) is 12.7. The molecule has 8 heteroatoms. The lowest BCUT2D eigenvalue weighted by Gasteiger charge is -2.35. The zero-order valence-corrected chi connectivity index (χ0v) is 21.4. The Kier molecular flexibility index (Phi) is 9.59. The second-order valence-corrected chi connectivity index (χ2v) is 9.88. The van der Waals surface area contributed by atoms with Gasteiger partial charge in [-0.05, 0) is 56.8 Å². The number of carbonyl (C=O) groups excluding carboxylic acids is 2. The quantitative estimate of drug-likeness (QED) is 0.675. The minimum Gasteiger partial charge on any atom is -0.491 e. The van der Waals surface area contributed by atoms with Crippen LogP contribution >= 0.6 is 0 Å². The Bertz CT molecular complexity index is 827. The third kappa shape index (κ3) is 6.85. The number of rotatable bonds is 5. The number of hydrogen-bond donors (Lipinski definition) is 2. The molecule has 0 bridgehead atoms. The Morgan fingerprint density at radius 1 is 1.21 bits per heavy atom. The fraction of sp³-hybridized carbons (Fsp3) is 0.692. The lowest BCUT2D eigenvalue weighted by atomic mass is 10.0. The third-order valence-corrected chi connectivity index (χ3v) is 7.03. The minimum atomic E-state index is -0.237. The van der Waals surface area contributed by atoms with Gasteiger partial charge < -0.3 is 25.0 Å². The summed E-state index contributed by atoms with van der Waals surface area (Å²) in [5, 5.41) is 5.92. The van der Waals surface area contributed by atoms with Gasteiger partial charge in [0.1, 0.15) is 12.4 Å². The van der Waals surface area contributed by atoms with E-state index < -0.39 is 0 Å². The summed E-state index contributed by atoms with van der Waals surface area (Å²) < 4.78 is 12.0. The molecule has 0 aromatic heterocycles. The average Bonchev–Trinajstić information content (AvgIpc) is 3.32. The number of methoxy groups -OCH3 is 1. The molecule has 1 saturated carbocycles. The predicted octanol–water partition coefficient (Wildman–Crippen LogP) is 3.97. The lowest BCUT2D eigenvalue weighted by Crippen LogP contribution is -2.46. The van der Waals surface area contributed by atoms with Crippen LogP contribution in [0.4, 0.5) is 10.5 Å². The predicted molar refractivity (Wildman–Crippen MR) is 135 cm³/mol. The molecule has 1 aliphatic heterocycles. The van der Waals surface area contributed by atoms with Gasteiger partial charge in [0.15, 0.2) is 0 Å². The summed E-state index contributed by atoms with van der Waals surface area (Å²) in [5.41, 5.74) is 1.02. The molecule has 1 aromatic carbocycles. The van der Waals surface area contributed by atoms with Gasteiger partial charge in [0.25, 0.3) is 5.91 Å². The number of carbonyl (C=O) groups is 2. The monoisotopic (exact) mass is 474 g/mol. The van der Waals surface area contributed by atoms with Gasteiger partial charge in [0, 0.05) is 45.0 Å². The number of benzene rings is 1. The van der Waals surface area contributed by atoms with Crippen LogP contribution in [0.5, 0.6) is 5.75 Å². The van der Waals surface area contributed by atoms with E-state index in [1.165, 1.54) is 0 Å². The molecule has 2 aliphatic rings. The number of hydrogen-bond acceptors (Lipinski definition) is 5. The molecule has 34 heavy (non-hydrogen) atoms.